The van der Waals surface area contributed by atoms with E-state index in [0.29, 0.717) is 5.69 Å². The van der Waals surface area contributed by atoms with Crippen LogP contribution in [0.25, 0.3) is 22.6 Å². The second-order valence-electron chi connectivity index (χ2n) is 5.88. The topological polar surface area (TPSA) is 80.0 Å². The number of fused-ring (bicyclic) bond motifs is 1. The Labute approximate surface area is 149 Å². The predicted molar refractivity (Wildman–Crippen MR) is 100 cm³/mol. The minimum atomic E-state index is -0.366. The Morgan fingerprint density at radius 2 is 1.88 bits per heavy atom. The van der Waals surface area contributed by atoms with E-state index >= 15 is 0 Å². The van der Waals surface area contributed by atoms with E-state index in [4.69, 9.17) is 0 Å². The summed E-state index contributed by atoms with van der Waals surface area (Å²) < 4.78 is 1.94. The first-order valence-electron chi connectivity index (χ1n) is 8.11. The van der Waals surface area contributed by atoms with Gasteiger partial charge in [-0.1, -0.05) is 18.2 Å². The molecule has 4 aromatic rings. The Morgan fingerprint density at radius 1 is 1.08 bits per heavy atom. The van der Waals surface area contributed by atoms with Crippen LogP contribution in [-0.4, -0.2) is 25.5 Å². The van der Waals surface area contributed by atoms with Gasteiger partial charge in [0, 0.05) is 18.9 Å². The summed E-state index contributed by atoms with van der Waals surface area (Å²) in [5.41, 5.74) is 3.33. The van der Waals surface area contributed by atoms with E-state index in [9.17, 15) is 9.90 Å². The van der Waals surface area contributed by atoms with E-state index in [-0.39, 0.29) is 17.2 Å². The van der Waals surface area contributed by atoms with Crippen LogP contribution >= 0.6 is 0 Å². The molecule has 2 heterocycles. The summed E-state index contributed by atoms with van der Waals surface area (Å²) in [6.45, 7) is 0. The Balaban J connectivity index is 1.69. The highest BCUT2D eigenvalue weighted by molar-refractivity contribution is 6.06. The lowest BCUT2D eigenvalue weighted by Gasteiger charge is -2.07. The highest BCUT2D eigenvalue weighted by atomic mass is 16.3. The van der Waals surface area contributed by atoms with Crippen LogP contribution in [-0.2, 0) is 7.05 Å². The van der Waals surface area contributed by atoms with Crippen LogP contribution in [0.4, 0.5) is 5.69 Å². The standard InChI is InChI=1S/C20H16N4O2/c1-24-17-12-13(22-20(26)14-6-2-3-8-18(14)25)9-10-15(17)23-19(24)16-7-4-5-11-21-16/h2-12,25H,1H3,(H,22,26). The summed E-state index contributed by atoms with van der Waals surface area (Å²) in [4.78, 5) is 21.3. The molecular formula is C20H16N4O2. The number of hydrogen-bond acceptors (Lipinski definition) is 4. The lowest BCUT2D eigenvalue weighted by atomic mass is 10.2. The number of amides is 1. The number of benzene rings is 2. The van der Waals surface area contributed by atoms with Gasteiger partial charge in [-0.05, 0) is 42.5 Å². The highest BCUT2D eigenvalue weighted by Gasteiger charge is 2.14. The van der Waals surface area contributed by atoms with Crippen molar-refractivity contribution in [2.24, 2.45) is 7.05 Å². The molecule has 0 radical (unpaired) electrons. The molecule has 0 aliphatic heterocycles. The fourth-order valence-electron chi connectivity index (χ4n) is 2.86. The highest BCUT2D eigenvalue weighted by Crippen LogP contribution is 2.25. The van der Waals surface area contributed by atoms with Crippen molar-refractivity contribution < 1.29 is 9.90 Å². The number of carbonyl (C=O) groups excluding carboxylic acids is 1. The second kappa shape index (κ2) is 6.33. The van der Waals surface area contributed by atoms with Crippen LogP contribution in [0.2, 0.25) is 0 Å². The molecule has 0 aliphatic carbocycles. The Kier molecular flexibility index (Phi) is 3.85. The van der Waals surface area contributed by atoms with Gasteiger partial charge in [0.25, 0.3) is 5.91 Å². The fourth-order valence-corrected chi connectivity index (χ4v) is 2.86. The summed E-state index contributed by atoms with van der Waals surface area (Å²) >= 11 is 0. The van der Waals surface area contributed by atoms with Crippen molar-refractivity contribution >= 4 is 22.6 Å². The van der Waals surface area contributed by atoms with E-state index in [1.807, 2.05) is 41.9 Å². The van der Waals surface area contributed by atoms with Gasteiger partial charge in [0.1, 0.15) is 11.4 Å². The molecule has 1 amide bonds. The lowest BCUT2D eigenvalue weighted by Crippen LogP contribution is -2.12. The molecule has 0 spiro atoms. The van der Waals surface area contributed by atoms with Gasteiger partial charge in [-0.25, -0.2) is 4.98 Å². The van der Waals surface area contributed by atoms with Gasteiger partial charge in [-0.3, -0.25) is 9.78 Å². The summed E-state index contributed by atoms with van der Waals surface area (Å²) in [7, 11) is 1.91. The normalized spacial score (nSPS) is 10.8. The molecule has 2 aromatic heterocycles. The summed E-state index contributed by atoms with van der Waals surface area (Å²) in [6.07, 6.45) is 1.73. The molecule has 0 unspecified atom stereocenters. The van der Waals surface area contributed by atoms with E-state index in [0.717, 1.165) is 22.6 Å². The first kappa shape index (κ1) is 15.8. The third-order valence-corrected chi connectivity index (χ3v) is 4.18. The van der Waals surface area contributed by atoms with Crippen LogP contribution in [0.1, 0.15) is 10.4 Å². The largest absolute Gasteiger partial charge is 0.507 e. The van der Waals surface area contributed by atoms with Crippen molar-refractivity contribution in [2.45, 2.75) is 0 Å². The number of aromatic hydroxyl groups is 1. The van der Waals surface area contributed by atoms with Crippen molar-refractivity contribution in [3.8, 4) is 17.3 Å². The molecule has 6 nitrogen and oxygen atoms in total. The summed E-state index contributed by atoms with van der Waals surface area (Å²) in [5.74, 6) is 0.336. The Bertz CT molecular complexity index is 1100. The molecule has 0 saturated heterocycles. The van der Waals surface area contributed by atoms with Crippen LogP contribution < -0.4 is 5.32 Å². The molecular weight excluding hydrogens is 328 g/mol. The first-order valence-corrected chi connectivity index (χ1v) is 8.11. The number of pyridine rings is 1. The minimum Gasteiger partial charge on any atom is -0.507 e. The number of hydrogen-bond donors (Lipinski definition) is 2. The maximum absolute atomic E-state index is 12.4. The lowest BCUT2D eigenvalue weighted by molar-refractivity contribution is 0.102. The van der Waals surface area contributed by atoms with Crippen molar-refractivity contribution in [1.82, 2.24) is 14.5 Å². The molecule has 2 aromatic carbocycles. The van der Waals surface area contributed by atoms with Gasteiger partial charge in [0.15, 0.2) is 5.82 Å². The molecule has 0 saturated carbocycles. The maximum Gasteiger partial charge on any atom is 0.259 e. The van der Waals surface area contributed by atoms with E-state index < -0.39 is 0 Å². The van der Waals surface area contributed by atoms with Gasteiger partial charge in [-0.15, -0.1) is 0 Å². The van der Waals surface area contributed by atoms with Crippen LogP contribution in [0, 0.1) is 0 Å². The number of aryl methyl sites for hydroxylation is 1. The van der Waals surface area contributed by atoms with Gasteiger partial charge in [0.05, 0.1) is 16.6 Å². The van der Waals surface area contributed by atoms with Crippen molar-refractivity contribution in [3.05, 3.63) is 72.4 Å². The van der Waals surface area contributed by atoms with Crippen LogP contribution in [0.15, 0.2) is 66.9 Å². The van der Waals surface area contributed by atoms with Crippen molar-refractivity contribution in [2.75, 3.05) is 5.32 Å². The molecule has 0 bridgehead atoms. The van der Waals surface area contributed by atoms with Gasteiger partial charge >= 0.3 is 0 Å². The molecule has 0 fully saturated rings. The third-order valence-electron chi connectivity index (χ3n) is 4.18. The molecule has 0 aliphatic rings. The number of nitrogens with one attached hydrogen (secondary N) is 1. The number of para-hydroxylation sites is 1. The number of rotatable bonds is 3. The molecule has 4 rings (SSSR count). The summed E-state index contributed by atoms with van der Waals surface area (Å²) in [6, 6.07) is 17.6. The molecule has 2 N–H and O–H groups in total. The quantitative estimate of drug-likeness (QED) is 0.595. The number of imidazole rings is 1. The Hall–Kier alpha value is -3.67. The molecule has 6 heteroatoms. The van der Waals surface area contributed by atoms with Gasteiger partial charge < -0.3 is 15.0 Å². The fraction of sp³-hybridized carbons (Fsp3) is 0.0500. The summed E-state index contributed by atoms with van der Waals surface area (Å²) in [5, 5.41) is 12.6. The molecule has 26 heavy (non-hydrogen) atoms. The zero-order valence-electron chi connectivity index (χ0n) is 14.0. The van der Waals surface area contributed by atoms with Gasteiger partial charge in [0.2, 0.25) is 0 Å². The maximum atomic E-state index is 12.4. The number of aromatic nitrogens is 3. The van der Waals surface area contributed by atoms with Gasteiger partial charge in [-0.2, -0.15) is 0 Å². The van der Waals surface area contributed by atoms with Crippen molar-refractivity contribution in [1.29, 1.82) is 0 Å². The van der Waals surface area contributed by atoms with Crippen molar-refractivity contribution in [3.63, 3.8) is 0 Å². The average molecular weight is 344 g/mol. The zero-order valence-corrected chi connectivity index (χ0v) is 14.0. The number of carbonyl (C=O) groups is 1. The van der Waals surface area contributed by atoms with E-state index in [1.54, 1.807) is 30.5 Å². The Morgan fingerprint density at radius 3 is 2.65 bits per heavy atom. The smallest absolute Gasteiger partial charge is 0.259 e. The first-order chi connectivity index (χ1) is 12.6. The van der Waals surface area contributed by atoms with E-state index in [2.05, 4.69) is 15.3 Å². The van der Waals surface area contributed by atoms with E-state index in [1.165, 1.54) is 6.07 Å². The number of anilines is 1. The SMILES string of the molecule is Cn1c(-c2ccccn2)nc2ccc(NC(=O)c3ccccc3O)cc21. The number of phenolic OH excluding ortho intramolecular Hbond substituents is 1. The predicted octanol–water partition coefficient (Wildman–Crippen LogP) is 3.59. The average Bonchev–Trinajstić information content (AvgIpc) is 2.99. The third kappa shape index (κ3) is 2.77. The minimum absolute atomic E-state index is 0.0518. The zero-order chi connectivity index (χ0) is 18.1. The second-order valence-corrected chi connectivity index (χ2v) is 5.88. The number of phenols is 1. The van der Waals surface area contributed by atoms with Crippen LogP contribution in [0.3, 0.4) is 0 Å². The molecule has 0 atom stereocenters. The molecule has 128 valence electrons. The monoisotopic (exact) mass is 344 g/mol. The number of nitrogens with zero attached hydrogens (tertiary/aromatic N) is 3. The van der Waals surface area contributed by atoms with Crippen LogP contribution in [0.5, 0.6) is 5.75 Å².